The van der Waals surface area contributed by atoms with Crippen molar-refractivity contribution in [2.45, 2.75) is 24.1 Å². The quantitative estimate of drug-likeness (QED) is 0.920. The molecule has 0 bridgehead atoms. The molecule has 0 amide bonds. The first-order valence-corrected chi connectivity index (χ1v) is 7.10. The Kier molecular flexibility index (Phi) is 2.59. The van der Waals surface area contributed by atoms with E-state index in [-0.39, 0.29) is 0 Å². The van der Waals surface area contributed by atoms with Gasteiger partial charge in [0, 0.05) is 11.3 Å². The van der Waals surface area contributed by atoms with Gasteiger partial charge in [-0.25, -0.2) is 9.78 Å². The van der Waals surface area contributed by atoms with Crippen LogP contribution >= 0.6 is 11.8 Å². The summed E-state index contributed by atoms with van der Waals surface area (Å²) in [7, 11) is 0. The lowest BCUT2D eigenvalue weighted by molar-refractivity contribution is 0.0698. The van der Waals surface area contributed by atoms with Crippen LogP contribution < -0.4 is 0 Å². The molecule has 0 radical (unpaired) electrons. The van der Waals surface area contributed by atoms with E-state index in [1.54, 1.807) is 18.5 Å². The molecule has 1 saturated carbocycles. The number of aromatic carboxylic acids is 1. The maximum absolute atomic E-state index is 11.3. The Morgan fingerprint density at radius 1 is 1.56 bits per heavy atom. The zero-order valence-corrected chi connectivity index (χ0v) is 10.9. The van der Waals surface area contributed by atoms with Gasteiger partial charge in [-0.05, 0) is 31.2 Å². The summed E-state index contributed by atoms with van der Waals surface area (Å²) in [6.07, 6.45) is 6.27. The van der Waals surface area contributed by atoms with Gasteiger partial charge in [-0.2, -0.15) is 11.8 Å². The molecule has 1 aromatic heterocycles. The van der Waals surface area contributed by atoms with Crippen LogP contribution in [-0.2, 0) is 6.54 Å². The number of fused-ring (bicyclic) bond motifs is 1. The minimum Gasteiger partial charge on any atom is -0.478 e. The molecule has 5 heteroatoms. The number of benzene rings is 1. The second kappa shape index (κ2) is 4.02. The molecule has 0 saturated heterocycles. The van der Waals surface area contributed by atoms with E-state index in [0.29, 0.717) is 10.3 Å². The number of thioether (sulfide) groups is 1. The molecular formula is C13H14N2O2S. The van der Waals surface area contributed by atoms with E-state index in [2.05, 4.69) is 11.2 Å². The summed E-state index contributed by atoms with van der Waals surface area (Å²) in [4.78, 5) is 15.6. The number of rotatable bonds is 4. The summed E-state index contributed by atoms with van der Waals surface area (Å²) in [6.45, 7) is 0.842. The van der Waals surface area contributed by atoms with Gasteiger partial charge in [-0.3, -0.25) is 0 Å². The Hall–Kier alpha value is -1.49. The Bertz CT molecular complexity index is 616. The molecule has 1 N–H and O–H groups in total. The second-order valence-corrected chi connectivity index (χ2v) is 6.01. The summed E-state index contributed by atoms with van der Waals surface area (Å²) in [5.41, 5.74) is 1.83. The van der Waals surface area contributed by atoms with E-state index in [0.717, 1.165) is 17.6 Å². The van der Waals surface area contributed by atoms with Crippen LogP contribution in [0.2, 0.25) is 0 Å². The van der Waals surface area contributed by atoms with E-state index in [9.17, 15) is 9.90 Å². The van der Waals surface area contributed by atoms with E-state index >= 15 is 0 Å². The number of hydrogen-bond acceptors (Lipinski definition) is 3. The number of imidazole rings is 1. The average Bonchev–Trinajstić information content (AvgIpc) is 3.03. The number of carboxylic acid groups (broad SMARTS) is 1. The maximum atomic E-state index is 11.3. The predicted molar refractivity (Wildman–Crippen MR) is 72.2 cm³/mol. The third-order valence-electron chi connectivity index (χ3n) is 3.57. The van der Waals surface area contributed by atoms with E-state index in [1.165, 1.54) is 12.8 Å². The SMILES string of the molecule is CSC1(Cn2cnc3cccc(C(=O)O)c32)CC1. The van der Waals surface area contributed by atoms with E-state index in [1.807, 2.05) is 22.4 Å². The molecule has 4 nitrogen and oxygen atoms in total. The fourth-order valence-corrected chi connectivity index (χ4v) is 3.07. The monoisotopic (exact) mass is 262 g/mol. The number of nitrogens with zero attached hydrogens (tertiary/aromatic N) is 2. The van der Waals surface area contributed by atoms with Gasteiger partial charge in [0.05, 0.1) is 22.9 Å². The molecule has 1 aliphatic carbocycles. The van der Waals surface area contributed by atoms with Crippen molar-refractivity contribution in [1.82, 2.24) is 9.55 Å². The Morgan fingerprint density at radius 2 is 2.33 bits per heavy atom. The highest BCUT2D eigenvalue weighted by molar-refractivity contribution is 8.00. The van der Waals surface area contributed by atoms with E-state index < -0.39 is 5.97 Å². The molecule has 0 spiro atoms. The van der Waals surface area contributed by atoms with Crippen LogP contribution in [0.15, 0.2) is 24.5 Å². The van der Waals surface area contributed by atoms with E-state index in [4.69, 9.17) is 0 Å². The molecule has 0 aliphatic heterocycles. The average molecular weight is 262 g/mol. The standard InChI is InChI=1S/C13H14N2O2S/c1-18-13(5-6-13)7-15-8-14-10-4-2-3-9(11(10)15)12(16)17/h2-4,8H,5-7H2,1H3,(H,16,17). The molecule has 2 aromatic rings. The van der Waals surface area contributed by atoms with Gasteiger partial charge in [-0.1, -0.05) is 6.07 Å². The van der Waals surface area contributed by atoms with Gasteiger partial charge >= 0.3 is 5.97 Å². The number of aromatic nitrogens is 2. The normalized spacial score (nSPS) is 16.9. The van der Waals surface area contributed by atoms with Crippen molar-refractivity contribution in [2.75, 3.05) is 6.26 Å². The van der Waals surface area contributed by atoms with Crippen molar-refractivity contribution in [3.05, 3.63) is 30.1 Å². The highest BCUT2D eigenvalue weighted by Gasteiger charge is 2.42. The molecular weight excluding hydrogens is 248 g/mol. The van der Waals surface area contributed by atoms with Gasteiger partial charge in [0.1, 0.15) is 0 Å². The largest absolute Gasteiger partial charge is 0.478 e. The summed E-state index contributed by atoms with van der Waals surface area (Å²) in [6, 6.07) is 5.24. The lowest BCUT2D eigenvalue weighted by Gasteiger charge is -2.14. The number of carboxylic acids is 1. The van der Waals surface area contributed by atoms with Crippen LogP contribution in [0.4, 0.5) is 0 Å². The van der Waals surface area contributed by atoms with Crippen molar-refractivity contribution in [3.8, 4) is 0 Å². The predicted octanol–water partition coefficient (Wildman–Crippen LogP) is 2.63. The molecule has 1 aromatic carbocycles. The van der Waals surface area contributed by atoms with Gasteiger partial charge < -0.3 is 9.67 Å². The topological polar surface area (TPSA) is 55.1 Å². The minimum atomic E-state index is -0.892. The Morgan fingerprint density at radius 3 is 2.94 bits per heavy atom. The molecule has 1 aliphatic rings. The molecule has 18 heavy (non-hydrogen) atoms. The lowest BCUT2D eigenvalue weighted by Crippen LogP contribution is -2.14. The lowest BCUT2D eigenvalue weighted by atomic mass is 10.2. The van der Waals surface area contributed by atoms with Gasteiger partial charge in [0.2, 0.25) is 0 Å². The van der Waals surface area contributed by atoms with Crippen molar-refractivity contribution >= 4 is 28.8 Å². The van der Waals surface area contributed by atoms with Crippen molar-refractivity contribution < 1.29 is 9.90 Å². The molecule has 1 fully saturated rings. The van der Waals surface area contributed by atoms with Crippen molar-refractivity contribution in [1.29, 1.82) is 0 Å². The van der Waals surface area contributed by atoms with Crippen LogP contribution in [0.1, 0.15) is 23.2 Å². The number of para-hydroxylation sites is 1. The molecule has 0 atom stereocenters. The summed E-state index contributed by atoms with van der Waals surface area (Å²) in [5.74, 6) is -0.892. The summed E-state index contributed by atoms with van der Waals surface area (Å²) >= 11 is 1.86. The van der Waals surface area contributed by atoms with Crippen LogP contribution in [0, 0.1) is 0 Å². The van der Waals surface area contributed by atoms with Crippen LogP contribution in [0.25, 0.3) is 11.0 Å². The summed E-state index contributed by atoms with van der Waals surface area (Å²) in [5, 5.41) is 9.25. The fourth-order valence-electron chi connectivity index (χ4n) is 2.30. The minimum absolute atomic E-state index is 0.291. The number of carbonyl (C=O) groups is 1. The van der Waals surface area contributed by atoms with Crippen LogP contribution in [-0.4, -0.2) is 31.6 Å². The first-order valence-electron chi connectivity index (χ1n) is 5.87. The van der Waals surface area contributed by atoms with Gasteiger partial charge in [0.25, 0.3) is 0 Å². The zero-order valence-electron chi connectivity index (χ0n) is 10.1. The van der Waals surface area contributed by atoms with Gasteiger partial charge in [-0.15, -0.1) is 0 Å². The third kappa shape index (κ3) is 1.79. The zero-order chi connectivity index (χ0) is 12.8. The highest BCUT2D eigenvalue weighted by atomic mass is 32.2. The third-order valence-corrected chi connectivity index (χ3v) is 4.97. The smallest absolute Gasteiger partial charge is 0.337 e. The van der Waals surface area contributed by atoms with Crippen molar-refractivity contribution in [2.24, 2.45) is 0 Å². The molecule has 3 rings (SSSR count). The van der Waals surface area contributed by atoms with Crippen LogP contribution in [0.5, 0.6) is 0 Å². The first kappa shape index (κ1) is 11.6. The molecule has 0 unspecified atom stereocenters. The second-order valence-electron chi connectivity index (χ2n) is 4.74. The maximum Gasteiger partial charge on any atom is 0.337 e. The highest BCUT2D eigenvalue weighted by Crippen LogP contribution is 2.48. The number of hydrogen-bond donors (Lipinski definition) is 1. The molecule has 94 valence electrons. The Balaban J connectivity index is 2.09. The first-order chi connectivity index (χ1) is 8.65. The molecule has 1 heterocycles. The van der Waals surface area contributed by atoms with Crippen LogP contribution in [0.3, 0.4) is 0 Å². The Labute approximate surface area is 109 Å². The fraction of sp³-hybridized carbons (Fsp3) is 0.385. The summed E-state index contributed by atoms with van der Waals surface area (Å²) < 4.78 is 2.28. The van der Waals surface area contributed by atoms with Gasteiger partial charge in [0.15, 0.2) is 0 Å². The van der Waals surface area contributed by atoms with Crippen molar-refractivity contribution in [3.63, 3.8) is 0 Å².